The van der Waals surface area contributed by atoms with Crippen LogP contribution < -0.4 is 18.6 Å². The number of hydrogen-bond donors (Lipinski definition) is 1. The quantitative estimate of drug-likeness (QED) is 0.671. The first-order chi connectivity index (χ1) is 13.3. The molecule has 7 nitrogen and oxygen atoms in total. The Hall–Kier alpha value is -1.95. The van der Waals surface area contributed by atoms with Gasteiger partial charge in [-0.2, -0.15) is 5.26 Å². The first-order valence-electron chi connectivity index (χ1n) is 9.50. The molecule has 0 aliphatic carbocycles. The average Bonchev–Trinajstić information content (AvgIpc) is 3.03. The summed E-state index contributed by atoms with van der Waals surface area (Å²) in [5.41, 5.74) is 5.77. The predicted octanol–water partition coefficient (Wildman–Crippen LogP) is -0.736. The van der Waals surface area contributed by atoms with Gasteiger partial charge in [0.2, 0.25) is 5.71 Å². The minimum atomic E-state index is -4.94. The SMILES string of the molecule is CCC1(CCC#N)CCC[N+]2=C1c1[nH]c3ccccc3c1CC2.[O-][Cl+3]([O-])([O-])[O-]. The van der Waals surface area contributed by atoms with Gasteiger partial charge < -0.3 is 4.98 Å². The molecule has 1 aromatic heterocycles. The number of fused-ring (bicyclic) bond motifs is 4. The number of hydrogen-bond acceptors (Lipinski definition) is 5. The number of H-pyrrole nitrogens is 1. The monoisotopic (exact) mass is 405 g/mol. The van der Waals surface area contributed by atoms with Crippen LogP contribution in [0.2, 0.25) is 0 Å². The van der Waals surface area contributed by atoms with Gasteiger partial charge in [-0.05, 0) is 30.9 Å². The molecule has 28 heavy (non-hydrogen) atoms. The lowest BCUT2D eigenvalue weighted by molar-refractivity contribution is -2.00. The smallest absolute Gasteiger partial charge is 0.206 e. The number of aromatic nitrogens is 1. The van der Waals surface area contributed by atoms with Crippen molar-refractivity contribution in [2.45, 2.75) is 45.4 Å². The van der Waals surface area contributed by atoms with Crippen LogP contribution in [-0.2, 0) is 6.42 Å². The van der Waals surface area contributed by atoms with E-state index in [-0.39, 0.29) is 5.41 Å². The molecule has 2 aliphatic rings. The number of aromatic amines is 1. The number of rotatable bonds is 3. The van der Waals surface area contributed by atoms with Gasteiger partial charge in [0.05, 0.1) is 11.5 Å². The number of nitrogens with one attached hydrogen (secondary N) is 1. The molecule has 1 aromatic carbocycles. The van der Waals surface area contributed by atoms with E-state index in [1.165, 1.54) is 47.3 Å². The topological polar surface area (TPSA) is 135 Å². The van der Waals surface area contributed by atoms with E-state index in [9.17, 15) is 0 Å². The van der Waals surface area contributed by atoms with Crippen molar-refractivity contribution < 1.29 is 33.5 Å². The Kier molecular flexibility index (Phi) is 6.08. The van der Waals surface area contributed by atoms with Crippen LogP contribution in [0.15, 0.2) is 24.3 Å². The Bertz CT molecular complexity index is 920. The molecular formula is C20H24ClN3O4. The highest BCUT2D eigenvalue weighted by Crippen LogP contribution is 2.42. The molecule has 3 heterocycles. The molecule has 0 radical (unpaired) electrons. The molecule has 2 aliphatic heterocycles. The molecule has 4 rings (SSSR count). The van der Waals surface area contributed by atoms with Crippen molar-refractivity contribution in [2.24, 2.45) is 5.41 Å². The highest BCUT2D eigenvalue weighted by Gasteiger charge is 2.47. The molecule has 0 spiro atoms. The zero-order valence-electron chi connectivity index (χ0n) is 15.9. The summed E-state index contributed by atoms with van der Waals surface area (Å²) in [6, 6.07) is 11.0. The van der Waals surface area contributed by atoms with E-state index in [0.29, 0.717) is 6.42 Å². The maximum absolute atomic E-state index is 9.13. The minimum absolute atomic E-state index is 0.171. The molecule has 8 heteroatoms. The van der Waals surface area contributed by atoms with Crippen molar-refractivity contribution >= 4 is 16.6 Å². The predicted molar refractivity (Wildman–Crippen MR) is 92.9 cm³/mol. The van der Waals surface area contributed by atoms with Crippen LogP contribution >= 0.6 is 0 Å². The third-order valence-electron chi connectivity index (χ3n) is 5.98. The van der Waals surface area contributed by atoms with Crippen LogP contribution in [-0.4, -0.2) is 28.4 Å². The summed E-state index contributed by atoms with van der Waals surface area (Å²) in [6.45, 7) is 4.59. The summed E-state index contributed by atoms with van der Waals surface area (Å²) in [5, 5.41) is 10.5. The molecule has 0 saturated carbocycles. The van der Waals surface area contributed by atoms with Crippen LogP contribution in [0.1, 0.15) is 50.3 Å². The number of para-hydroxylation sites is 1. The number of benzene rings is 1. The molecule has 1 unspecified atom stereocenters. The highest BCUT2D eigenvalue weighted by atomic mass is 35.7. The molecule has 1 atom stereocenters. The summed E-state index contributed by atoms with van der Waals surface area (Å²) in [7, 11) is -4.94. The summed E-state index contributed by atoms with van der Waals surface area (Å²) in [5.74, 6) is 0. The van der Waals surface area contributed by atoms with Crippen LogP contribution in [0.5, 0.6) is 0 Å². The van der Waals surface area contributed by atoms with E-state index in [4.69, 9.17) is 23.9 Å². The Morgan fingerprint density at radius 1 is 1.21 bits per heavy atom. The molecule has 2 aromatic rings. The summed E-state index contributed by atoms with van der Waals surface area (Å²) < 4.78 is 36.6. The molecule has 0 amide bonds. The first kappa shape index (κ1) is 20.8. The van der Waals surface area contributed by atoms with Crippen molar-refractivity contribution in [3.8, 4) is 6.07 Å². The van der Waals surface area contributed by atoms with Gasteiger partial charge >= 0.3 is 0 Å². The van der Waals surface area contributed by atoms with E-state index >= 15 is 0 Å². The van der Waals surface area contributed by atoms with Gasteiger partial charge in [-0.15, -0.1) is 10.2 Å². The van der Waals surface area contributed by atoms with Crippen molar-refractivity contribution in [3.05, 3.63) is 35.5 Å². The second kappa shape index (κ2) is 8.19. The maximum Gasteiger partial charge on any atom is 0.206 e. The molecule has 150 valence electrons. The third-order valence-corrected chi connectivity index (χ3v) is 5.98. The zero-order valence-corrected chi connectivity index (χ0v) is 16.6. The Morgan fingerprint density at radius 2 is 1.93 bits per heavy atom. The minimum Gasteiger partial charge on any atom is -0.350 e. The van der Waals surface area contributed by atoms with Crippen molar-refractivity contribution in [1.82, 2.24) is 4.98 Å². The van der Waals surface area contributed by atoms with Gasteiger partial charge in [0.1, 0.15) is 18.8 Å². The summed E-state index contributed by atoms with van der Waals surface area (Å²) in [6.07, 6.45) is 6.35. The van der Waals surface area contributed by atoms with Crippen LogP contribution in [0.25, 0.3) is 10.9 Å². The lowest BCUT2D eigenvalue weighted by Crippen LogP contribution is -2.68. The fourth-order valence-corrected chi connectivity index (χ4v) is 4.79. The Morgan fingerprint density at radius 3 is 2.61 bits per heavy atom. The van der Waals surface area contributed by atoms with Crippen molar-refractivity contribution in [3.63, 3.8) is 0 Å². The fourth-order valence-electron chi connectivity index (χ4n) is 4.79. The average molecular weight is 406 g/mol. The van der Waals surface area contributed by atoms with Gasteiger partial charge in [-0.3, -0.25) is 0 Å². The van der Waals surface area contributed by atoms with E-state index in [0.717, 1.165) is 25.8 Å². The lowest BCUT2D eigenvalue weighted by Gasteiger charge is -2.36. The van der Waals surface area contributed by atoms with Crippen molar-refractivity contribution in [1.29, 1.82) is 5.26 Å². The van der Waals surface area contributed by atoms with Gasteiger partial charge in [0, 0.05) is 30.2 Å². The standard InChI is InChI=1S/C20H23N3.ClHO4/c1-2-20(10-5-12-21)11-6-13-23-14-9-16-15-7-3-4-8-17(15)22-18(16)19(20)23;2-1(3,4)5/h3-4,7-8H,2,5-6,9-11,13-14H2,1H3;(H,2,3,4,5). The van der Waals surface area contributed by atoms with Gasteiger partial charge in [-0.1, -0.05) is 25.1 Å². The number of nitrogens with zero attached hydrogens (tertiary/aromatic N) is 2. The summed E-state index contributed by atoms with van der Waals surface area (Å²) in [4.78, 5) is 3.72. The van der Waals surface area contributed by atoms with E-state index in [2.05, 4.69) is 46.8 Å². The summed E-state index contributed by atoms with van der Waals surface area (Å²) >= 11 is 0. The van der Waals surface area contributed by atoms with Crippen LogP contribution in [0, 0.1) is 27.0 Å². The van der Waals surface area contributed by atoms with Gasteiger partial charge in [-0.25, -0.2) is 23.2 Å². The second-order valence-electron chi connectivity index (χ2n) is 7.38. The highest BCUT2D eigenvalue weighted by molar-refractivity contribution is 6.06. The fraction of sp³-hybridized carbons (Fsp3) is 0.500. The van der Waals surface area contributed by atoms with E-state index < -0.39 is 10.2 Å². The molecule has 1 N–H and O–H groups in total. The van der Waals surface area contributed by atoms with E-state index in [1.54, 1.807) is 0 Å². The van der Waals surface area contributed by atoms with E-state index in [1.807, 2.05) is 0 Å². The molecular weight excluding hydrogens is 382 g/mol. The number of halogens is 1. The Balaban J connectivity index is 0.000000403. The molecule has 0 bridgehead atoms. The first-order valence-corrected chi connectivity index (χ1v) is 10.7. The molecule has 0 fully saturated rings. The largest absolute Gasteiger partial charge is 0.350 e. The van der Waals surface area contributed by atoms with Gasteiger partial charge in [0.25, 0.3) is 0 Å². The number of nitriles is 1. The van der Waals surface area contributed by atoms with Gasteiger partial charge in [0.15, 0.2) is 0 Å². The van der Waals surface area contributed by atoms with Crippen LogP contribution in [0.3, 0.4) is 0 Å². The normalized spacial score (nSPS) is 21.4. The second-order valence-corrected chi connectivity index (χ2v) is 8.14. The van der Waals surface area contributed by atoms with Crippen LogP contribution in [0.4, 0.5) is 0 Å². The molecule has 0 saturated heterocycles. The lowest BCUT2D eigenvalue weighted by atomic mass is 9.68. The third kappa shape index (κ3) is 4.22. The Labute approximate surface area is 166 Å². The van der Waals surface area contributed by atoms with Crippen molar-refractivity contribution in [2.75, 3.05) is 13.1 Å². The maximum atomic E-state index is 9.13. The zero-order chi connectivity index (χ0) is 20.4.